The summed E-state index contributed by atoms with van der Waals surface area (Å²) >= 11 is 0. The smallest absolute Gasteiger partial charge is 0.330 e. The van der Waals surface area contributed by atoms with Crippen LogP contribution in [0.15, 0.2) is 30.3 Å². The molecule has 0 aromatic heterocycles. The molecule has 92 valence electrons. The molecular weight excluding hydrogens is 218 g/mol. The molecule has 0 atom stereocenters. The van der Waals surface area contributed by atoms with E-state index in [2.05, 4.69) is 10.1 Å². The van der Waals surface area contributed by atoms with Crippen molar-refractivity contribution in [3.8, 4) is 0 Å². The molecule has 1 amide bonds. The summed E-state index contributed by atoms with van der Waals surface area (Å²) < 4.78 is 4.61. The molecule has 0 saturated carbocycles. The normalized spacial score (nSPS) is 10.8. The van der Waals surface area contributed by atoms with Crippen molar-refractivity contribution in [2.24, 2.45) is 0 Å². The van der Waals surface area contributed by atoms with Gasteiger partial charge in [0.05, 0.1) is 13.5 Å². The minimum Gasteiger partial charge on any atom is -0.467 e. The second kappa shape index (κ2) is 5.48. The van der Waals surface area contributed by atoms with Crippen LogP contribution < -0.4 is 5.32 Å². The number of amides is 1. The maximum atomic E-state index is 11.7. The molecular formula is C13H17NO3. The molecule has 1 rings (SSSR count). The largest absolute Gasteiger partial charge is 0.467 e. The zero-order valence-electron chi connectivity index (χ0n) is 10.3. The van der Waals surface area contributed by atoms with Crippen LogP contribution in [0.4, 0.5) is 0 Å². The SMILES string of the molecule is COC(=O)C(C)(C)NC(=O)Cc1ccccc1. The van der Waals surface area contributed by atoms with E-state index in [4.69, 9.17) is 0 Å². The Morgan fingerprint density at radius 2 is 1.82 bits per heavy atom. The minimum absolute atomic E-state index is 0.202. The van der Waals surface area contributed by atoms with E-state index in [0.717, 1.165) is 5.56 Å². The lowest BCUT2D eigenvalue weighted by Gasteiger charge is -2.23. The Hall–Kier alpha value is -1.84. The van der Waals surface area contributed by atoms with E-state index in [-0.39, 0.29) is 12.3 Å². The van der Waals surface area contributed by atoms with E-state index >= 15 is 0 Å². The van der Waals surface area contributed by atoms with Crippen LogP contribution in [0.25, 0.3) is 0 Å². The maximum Gasteiger partial charge on any atom is 0.330 e. The van der Waals surface area contributed by atoms with Gasteiger partial charge in [0.1, 0.15) is 5.54 Å². The number of ether oxygens (including phenoxy) is 1. The molecule has 1 aromatic rings. The third kappa shape index (κ3) is 3.90. The number of carbonyl (C=O) groups excluding carboxylic acids is 2. The fourth-order valence-corrected chi connectivity index (χ4v) is 1.48. The van der Waals surface area contributed by atoms with Crippen molar-refractivity contribution in [1.82, 2.24) is 5.32 Å². The number of carbonyl (C=O) groups is 2. The highest BCUT2D eigenvalue weighted by Crippen LogP contribution is 2.06. The van der Waals surface area contributed by atoms with Crippen molar-refractivity contribution < 1.29 is 14.3 Å². The van der Waals surface area contributed by atoms with Crippen molar-refractivity contribution in [2.75, 3.05) is 7.11 Å². The zero-order chi connectivity index (χ0) is 12.9. The Bertz CT molecular complexity index is 398. The Morgan fingerprint density at radius 3 is 2.35 bits per heavy atom. The summed E-state index contributed by atoms with van der Waals surface area (Å²) in [4.78, 5) is 23.1. The van der Waals surface area contributed by atoms with Gasteiger partial charge >= 0.3 is 5.97 Å². The summed E-state index contributed by atoms with van der Waals surface area (Å²) in [5, 5.41) is 2.64. The van der Waals surface area contributed by atoms with Crippen LogP contribution in [-0.2, 0) is 20.7 Å². The van der Waals surface area contributed by atoms with Gasteiger partial charge in [0.15, 0.2) is 0 Å². The van der Waals surface area contributed by atoms with Crippen molar-refractivity contribution in [3.63, 3.8) is 0 Å². The number of methoxy groups -OCH3 is 1. The summed E-state index contributed by atoms with van der Waals surface area (Å²) in [6.45, 7) is 3.23. The zero-order valence-corrected chi connectivity index (χ0v) is 10.3. The number of esters is 1. The predicted molar refractivity (Wildman–Crippen MR) is 64.4 cm³/mol. The van der Waals surface area contributed by atoms with E-state index < -0.39 is 11.5 Å². The van der Waals surface area contributed by atoms with Gasteiger partial charge in [-0.3, -0.25) is 4.79 Å². The first-order valence-corrected chi connectivity index (χ1v) is 5.39. The summed E-state index contributed by atoms with van der Waals surface area (Å²) in [5.74, 6) is -0.662. The fourth-order valence-electron chi connectivity index (χ4n) is 1.48. The highest BCUT2D eigenvalue weighted by atomic mass is 16.5. The maximum absolute atomic E-state index is 11.7. The van der Waals surface area contributed by atoms with Crippen LogP contribution in [0.3, 0.4) is 0 Å². The number of rotatable bonds is 4. The lowest BCUT2D eigenvalue weighted by atomic mass is 10.0. The Balaban J connectivity index is 2.59. The van der Waals surface area contributed by atoms with Crippen LogP contribution in [0, 0.1) is 0 Å². The highest BCUT2D eigenvalue weighted by molar-refractivity contribution is 5.88. The van der Waals surface area contributed by atoms with E-state index in [9.17, 15) is 9.59 Å². The van der Waals surface area contributed by atoms with E-state index in [1.807, 2.05) is 30.3 Å². The molecule has 0 saturated heterocycles. The molecule has 17 heavy (non-hydrogen) atoms. The lowest BCUT2D eigenvalue weighted by molar-refractivity contribution is -0.149. The third-order valence-electron chi connectivity index (χ3n) is 2.36. The average Bonchev–Trinajstić information content (AvgIpc) is 2.28. The molecule has 4 heteroatoms. The fraction of sp³-hybridized carbons (Fsp3) is 0.385. The van der Waals surface area contributed by atoms with Crippen molar-refractivity contribution >= 4 is 11.9 Å². The van der Waals surface area contributed by atoms with Gasteiger partial charge in [0.2, 0.25) is 5.91 Å². The van der Waals surface area contributed by atoms with E-state index in [1.54, 1.807) is 13.8 Å². The molecule has 0 aliphatic heterocycles. The molecule has 0 aliphatic rings. The van der Waals surface area contributed by atoms with Gasteiger partial charge in [0, 0.05) is 0 Å². The summed E-state index contributed by atoms with van der Waals surface area (Å²) in [7, 11) is 1.30. The van der Waals surface area contributed by atoms with E-state index in [1.165, 1.54) is 7.11 Å². The first-order chi connectivity index (χ1) is 7.95. The molecule has 0 spiro atoms. The van der Waals surface area contributed by atoms with Crippen LogP contribution >= 0.6 is 0 Å². The van der Waals surface area contributed by atoms with Gasteiger partial charge in [-0.15, -0.1) is 0 Å². The number of nitrogens with one attached hydrogen (secondary N) is 1. The Morgan fingerprint density at radius 1 is 1.24 bits per heavy atom. The van der Waals surface area contributed by atoms with Crippen LogP contribution in [0.2, 0.25) is 0 Å². The molecule has 0 bridgehead atoms. The Kier molecular flexibility index (Phi) is 4.26. The summed E-state index contributed by atoms with van der Waals surface area (Å²) in [5.41, 5.74) is -0.0914. The molecule has 0 aliphatic carbocycles. The minimum atomic E-state index is -0.999. The number of hydrogen-bond acceptors (Lipinski definition) is 3. The molecule has 1 aromatic carbocycles. The van der Waals surface area contributed by atoms with Crippen LogP contribution in [-0.4, -0.2) is 24.5 Å². The van der Waals surface area contributed by atoms with Crippen molar-refractivity contribution in [2.45, 2.75) is 25.8 Å². The van der Waals surface area contributed by atoms with Gasteiger partial charge in [-0.05, 0) is 19.4 Å². The first-order valence-electron chi connectivity index (χ1n) is 5.39. The standard InChI is InChI=1S/C13H17NO3/c1-13(2,12(16)17-3)14-11(15)9-10-7-5-4-6-8-10/h4-8H,9H2,1-3H3,(H,14,15). The topological polar surface area (TPSA) is 55.4 Å². The van der Waals surface area contributed by atoms with Crippen molar-refractivity contribution in [1.29, 1.82) is 0 Å². The lowest BCUT2D eigenvalue weighted by Crippen LogP contribution is -2.50. The molecule has 0 radical (unpaired) electrons. The summed E-state index contributed by atoms with van der Waals surface area (Å²) in [6.07, 6.45) is 0.251. The predicted octanol–water partition coefficient (Wildman–Crippen LogP) is 1.30. The van der Waals surface area contributed by atoms with Gasteiger partial charge in [-0.1, -0.05) is 30.3 Å². The molecule has 1 N–H and O–H groups in total. The van der Waals surface area contributed by atoms with Crippen LogP contribution in [0.5, 0.6) is 0 Å². The Labute approximate surface area is 101 Å². The van der Waals surface area contributed by atoms with Gasteiger partial charge in [-0.25, -0.2) is 4.79 Å². The monoisotopic (exact) mass is 235 g/mol. The van der Waals surface area contributed by atoms with E-state index in [0.29, 0.717) is 0 Å². The third-order valence-corrected chi connectivity index (χ3v) is 2.36. The second-order valence-electron chi connectivity index (χ2n) is 4.33. The first kappa shape index (κ1) is 13.2. The molecule has 0 heterocycles. The number of hydrogen-bond donors (Lipinski definition) is 1. The van der Waals surface area contributed by atoms with Gasteiger partial charge in [0.25, 0.3) is 0 Å². The average molecular weight is 235 g/mol. The molecule has 0 unspecified atom stereocenters. The molecule has 0 fully saturated rings. The highest BCUT2D eigenvalue weighted by Gasteiger charge is 2.30. The van der Waals surface area contributed by atoms with Crippen LogP contribution in [0.1, 0.15) is 19.4 Å². The van der Waals surface area contributed by atoms with Gasteiger partial charge < -0.3 is 10.1 Å². The second-order valence-corrected chi connectivity index (χ2v) is 4.33. The van der Waals surface area contributed by atoms with Gasteiger partial charge in [-0.2, -0.15) is 0 Å². The molecule has 4 nitrogen and oxygen atoms in total. The number of benzene rings is 1. The quantitative estimate of drug-likeness (QED) is 0.800. The summed E-state index contributed by atoms with van der Waals surface area (Å²) in [6, 6.07) is 9.36. The van der Waals surface area contributed by atoms with Crippen molar-refractivity contribution in [3.05, 3.63) is 35.9 Å².